The number of halogens is 3. The van der Waals surface area contributed by atoms with Gasteiger partial charge >= 0.3 is 0 Å². The van der Waals surface area contributed by atoms with Crippen LogP contribution >= 0.6 is 15.9 Å². The highest BCUT2D eigenvalue weighted by Gasteiger charge is 2.16. The molecule has 0 saturated carbocycles. The van der Waals surface area contributed by atoms with Crippen molar-refractivity contribution in [1.29, 1.82) is 0 Å². The maximum absolute atomic E-state index is 13.7. The van der Waals surface area contributed by atoms with Gasteiger partial charge in [-0.3, -0.25) is 0 Å². The van der Waals surface area contributed by atoms with E-state index in [1.165, 1.54) is 11.6 Å². The van der Waals surface area contributed by atoms with E-state index < -0.39 is 11.6 Å². The van der Waals surface area contributed by atoms with Crippen LogP contribution in [0.2, 0.25) is 0 Å². The van der Waals surface area contributed by atoms with Crippen LogP contribution in [0, 0.1) is 25.5 Å². The minimum Gasteiger partial charge on any atom is -0.207 e. The predicted molar refractivity (Wildman–Crippen MR) is 73.0 cm³/mol. The Morgan fingerprint density at radius 3 is 2.33 bits per heavy atom. The van der Waals surface area contributed by atoms with Gasteiger partial charge in [0.2, 0.25) is 0 Å². The molecule has 0 saturated heterocycles. The molecular formula is C15H13BrF2. The molecule has 0 amide bonds. The summed E-state index contributed by atoms with van der Waals surface area (Å²) in [6.45, 7) is 4.02. The molecule has 1 atom stereocenters. The summed E-state index contributed by atoms with van der Waals surface area (Å²) in [5, 5.41) is 0. The van der Waals surface area contributed by atoms with Crippen molar-refractivity contribution in [3.8, 4) is 0 Å². The van der Waals surface area contributed by atoms with Crippen LogP contribution in [0.5, 0.6) is 0 Å². The first-order valence-electron chi connectivity index (χ1n) is 5.65. The van der Waals surface area contributed by atoms with E-state index in [1.54, 1.807) is 0 Å². The number of hydrogen-bond acceptors (Lipinski definition) is 0. The van der Waals surface area contributed by atoms with Crippen LogP contribution in [0.25, 0.3) is 0 Å². The monoisotopic (exact) mass is 310 g/mol. The average molecular weight is 311 g/mol. The van der Waals surface area contributed by atoms with Crippen LogP contribution in [0.4, 0.5) is 8.78 Å². The zero-order valence-corrected chi connectivity index (χ0v) is 11.8. The Morgan fingerprint density at radius 2 is 1.67 bits per heavy atom. The second-order valence-electron chi connectivity index (χ2n) is 4.37. The standard InChI is InChI=1S/C15H13BrF2/c1-9-3-4-11(7-10(9)2)15(16)13-8-12(17)5-6-14(13)18/h3-8,15H,1-2H3. The van der Waals surface area contributed by atoms with Crippen LogP contribution < -0.4 is 0 Å². The van der Waals surface area contributed by atoms with Gasteiger partial charge in [0.25, 0.3) is 0 Å². The molecule has 0 aliphatic carbocycles. The molecule has 1 unspecified atom stereocenters. The van der Waals surface area contributed by atoms with Gasteiger partial charge in [-0.2, -0.15) is 0 Å². The summed E-state index contributed by atoms with van der Waals surface area (Å²) in [5.41, 5.74) is 3.55. The predicted octanol–water partition coefficient (Wildman–Crippen LogP) is 5.07. The summed E-state index contributed by atoms with van der Waals surface area (Å²) < 4.78 is 26.9. The van der Waals surface area contributed by atoms with Gasteiger partial charge in [0.05, 0.1) is 4.83 Å². The van der Waals surface area contributed by atoms with Crippen LogP contribution in [0.3, 0.4) is 0 Å². The van der Waals surface area contributed by atoms with Gasteiger partial charge in [-0.05, 0) is 48.7 Å². The lowest BCUT2D eigenvalue weighted by molar-refractivity contribution is 0.588. The van der Waals surface area contributed by atoms with Crippen LogP contribution in [0.1, 0.15) is 27.1 Å². The maximum atomic E-state index is 13.7. The lowest BCUT2D eigenvalue weighted by Gasteiger charge is -2.13. The summed E-state index contributed by atoms with van der Waals surface area (Å²) in [6.07, 6.45) is 0. The Morgan fingerprint density at radius 1 is 0.944 bits per heavy atom. The largest absolute Gasteiger partial charge is 0.207 e. The van der Waals surface area contributed by atoms with Crippen molar-refractivity contribution in [2.75, 3.05) is 0 Å². The first-order valence-corrected chi connectivity index (χ1v) is 6.57. The molecule has 18 heavy (non-hydrogen) atoms. The minimum absolute atomic E-state index is 0.318. The van der Waals surface area contributed by atoms with E-state index in [0.717, 1.165) is 23.3 Å². The molecular weight excluding hydrogens is 298 g/mol. The molecule has 0 spiro atoms. The van der Waals surface area contributed by atoms with Crippen LogP contribution in [-0.2, 0) is 0 Å². The molecule has 0 nitrogen and oxygen atoms in total. The quantitative estimate of drug-likeness (QED) is 0.680. The topological polar surface area (TPSA) is 0 Å². The molecule has 0 bridgehead atoms. The Hall–Kier alpha value is -1.22. The number of rotatable bonds is 2. The molecule has 2 aromatic carbocycles. The van der Waals surface area contributed by atoms with Crippen molar-refractivity contribution in [1.82, 2.24) is 0 Å². The Balaban J connectivity index is 2.44. The Bertz CT molecular complexity index is 579. The van der Waals surface area contributed by atoms with Crippen molar-refractivity contribution >= 4 is 15.9 Å². The van der Waals surface area contributed by atoms with Crippen molar-refractivity contribution < 1.29 is 8.78 Å². The third-order valence-electron chi connectivity index (χ3n) is 3.05. The van der Waals surface area contributed by atoms with Crippen molar-refractivity contribution in [2.24, 2.45) is 0 Å². The lowest BCUT2D eigenvalue weighted by atomic mass is 10.00. The lowest BCUT2D eigenvalue weighted by Crippen LogP contribution is -1.98. The highest BCUT2D eigenvalue weighted by atomic mass is 79.9. The zero-order valence-electron chi connectivity index (χ0n) is 10.2. The fourth-order valence-corrected chi connectivity index (χ4v) is 2.45. The third-order valence-corrected chi connectivity index (χ3v) is 4.08. The first-order chi connectivity index (χ1) is 8.49. The second-order valence-corrected chi connectivity index (χ2v) is 5.29. The van der Waals surface area contributed by atoms with Gasteiger partial charge in [0.1, 0.15) is 11.6 Å². The molecule has 94 valence electrons. The first kappa shape index (κ1) is 13.2. The van der Waals surface area contributed by atoms with Crippen molar-refractivity contribution in [3.05, 3.63) is 70.3 Å². The van der Waals surface area contributed by atoms with Gasteiger partial charge in [-0.1, -0.05) is 34.1 Å². The molecule has 0 N–H and O–H groups in total. The van der Waals surface area contributed by atoms with Crippen LogP contribution in [0.15, 0.2) is 36.4 Å². The molecule has 2 rings (SSSR count). The van der Waals surface area contributed by atoms with E-state index in [2.05, 4.69) is 15.9 Å². The number of aryl methyl sites for hydroxylation is 2. The molecule has 0 fully saturated rings. The van der Waals surface area contributed by atoms with E-state index in [4.69, 9.17) is 0 Å². The normalized spacial score (nSPS) is 12.5. The minimum atomic E-state index is -0.431. The molecule has 0 aromatic heterocycles. The van der Waals surface area contributed by atoms with E-state index in [9.17, 15) is 8.78 Å². The summed E-state index contributed by atoms with van der Waals surface area (Å²) in [7, 11) is 0. The van der Waals surface area contributed by atoms with E-state index >= 15 is 0 Å². The third kappa shape index (κ3) is 2.61. The van der Waals surface area contributed by atoms with E-state index in [1.807, 2.05) is 32.0 Å². The van der Waals surface area contributed by atoms with Crippen LogP contribution in [-0.4, -0.2) is 0 Å². The Kier molecular flexibility index (Phi) is 3.81. The fraction of sp³-hybridized carbons (Fsp3) is 0.200. The number of alkyl halides is 1. The molecule has 0 heterocycles. The van der Waals surface area contributed by atoms with Gasteiger partial charge < -0.3 is 0 Å². The summed E-state index contributed by atoms with van der Waals surface area (Å²) in [4.78, 5) is -0.340. The highest BCUT2D eigenvalue weighted by Crippen LogP contribution is 2.33. The Labute approximate surface area is 114 Å². The number of benzene rings is 2. The van der Waals surface area contributed by atoms with Crippen molar-refractivity contribution in [2.45, 2.75) is 18.7 Å². The van der Waals surface area contributed by atoms with Gasteiger partial charge in [0.15, 0.2) is 0 Å². The molecule has 0 radical (unpaired) electrons. The molecule has 3 heteroatoms. The molecule has 0 aliphatic rings. The SMILES string of the molecule is Cc1ccc(C(Br)c2cc(F)ccc2F)cc1C. The fourth-order valence-electron chi connectivity index (χ4n) is 1.81. The molecule has 2 aromatic rings. The maximum Gasteiger partial charge on any atom is 0.128 e. The number of hydrogen-bond donors (Lipinski definition) is 0. The zero-order chi connectivity index (χ0) is 13.3. The van der Waals surface area contributed by atoms with E-state index in [0.29, 0.717) is 5.56 Å². The van der Waals surface area contributed by atoms with Gasteiger partial charge in [0, 0.05) is 5.56 Å². The van der Waals surface area contributed by atoms with Gasteiger partial charge in [-0.15, -0.1) is 0 Å². The summed E-state index contributed by atoms with van der Waals surface area (Å²) in [6, 6.07) is 9.39. The average Bonchev–Trinajstić information content (AvgIpc) is 2.35. The van der Waals surface area contributed by atoms with E-state index in [-0.39, 0.29) is 4.83 Å². The van der Waals surface area contributed by atoms with Gasteiger partial charge in [-0.25, -0.2) is 8.78 Å². The summed E-state index contributed by atoms with van der Waals surface area (Å²) >= 11 is 3.43. The second kappa shape index (κ2) is 5.19. The highest BCUT2D eigenvalue weighted by molar-refractivity contribution is 9.09. The summed E-state index contributed by atoms with van der Waals surface area (Å²) in [5.74, 6) is -0.837. The smallest absolute Gasteiger partial charge is 0.128 e. The molecule has 0 aliphatic heterocycles. The van der Waals surface area contributed by atoms with Crippen molar-refractivity contribution in [3.63, 3.8) is 0 Å².